The molecule has 0 aliphatic carbocycles. The number of hydrogen-bond donors (Lipinski definition) is 0. The normalized spacial score (nSPS) is 9.09. The Balaban J connectivity index is 2.76. The Kier molecular flexibility index (Phi) is 2.56. The van der Waals surface area contributed by atoms with E-state index in [-0.39, 0.29) is 0 Å². The summed E-state index contributed by atoms with van der Waals surface area (Å²) in [7, 11) is 0. The van der Waals surface area contributed by atoms with Gasteiger partial charge in [-0.1, -0.05) is 6.92 Å². The first kappa shape index (κ1) is 7.67. The van der Waals surface area contributed by atoms with E-state index in [0.29, 0.717) is 6.42 Å². The van der Waals surface area contributed by atoms with Crippen molar-refractivity contribution >= 4 is 0 Å². The SMILES string of the molecule is CCc1cnc(CC#N)cn1. The molecule has 1 rings (SSSR count). The molecule has 1 aromatic heterocycles. The fraction of sp³-hybridized carbons (Fsp3) is 0.375. The number of aromatic nitrogens is 2. The summed E-state index contributed by atoms with van der Waals surface area (Å²) in [4.78, 5) is 8.16. The van der Waals surface area contributed by atoms with E-state index in [1.54, 1.807) is 12.4 Å². The molecule has 1 aromatic rings. The average molecular weight is 147 g/mol. The maximum atomic E-state index is 8.33. The molecule has 3 heteroatoms. The Morgan fingerprint density at radius 2 is 2.00 bits per heavy atom. The smallest absolute Gasteiger partial charge is 0.0790 e. The Labute approximate surface area is 65.7 Å². The van der Waals surface area contributed by atoms with Crippen LogP contribution in [0.25, 0.3) is 0 Å². The zero-order chi connectivity index (χ0) is 8.10. The Hall–Kier alpha value is -1.43. The Bertz CT molecular complexity index is 258. The van der Waals surface area contributed by atoms with Crippen molar-refractivity contribution in [3.05, 3.63) is 23.8 Å². The fourth-order valence-corrected chi connectivity index (χ4v) is 0.736. The van der Waals surface area contributed by atoms with Gasteiger partial charge in [0.05, 0.1) is 23.9 Å². The molecule has 0 saturated heterocycles. The Morgan fingerprint density at radius 3 is 2.45 bits per heavy atom. The topological polar surface area (TPSA) is 49.6 Å². The van der Waals surface area contributed by atoms with Gasteiger partial charge in [0.1, 0.15) is 0 Å². The summed E-state index contributed by atoms with van der Waals surface area (Å²) in [5.41, 5.74) is 1.70. The van der Waals surface area contributed by atoms with E-state index in [0.717, 1.165) is 17.8 Å². The summed E-state index contributed by atoms with van der Waals surface area (Å²) in [5, 5.41) is 8.33. The molecule has 0 unspecified atom stereocenters. The minimum absolute atomic E-state index is 0.344. The van der Waals surface area contributed by atoms with E-state index >= 15 is 0 Å². The second-order valence-electron chi connectivity index (χ2n) is 2.19. The molecule has 0 aromatic carbocycles. The maximum absolute atomic E-state index is 8.33. The highest BCUT2D eigenvalue weighted by Gasteiger charge is 1.93. The van der Waals surface area contributed by atoms with Crippen molar-refractivity contribution in [1.29, 1.82) is 5.26 Å². The molecular weight excluding hydrogens is 138 g/mol. The summed E-state index contributed by atoms with van der Waals surface area (Å²) in [5.74, 6) is 0. The third-order valence-electron chi connectivity index (χ3n) is 1.38. The van der Waals surface area contributed by atoms with E-state index in [4.69, 9.17) is 5.26 Å². The quantitative estimate of drug-likeness (QED) is 0.629. The van der Waals surface area contributed by atoms with Crippen LogP contribution in [0.2, 0.25) is 0 Å². The second-order valence-corrected chi connectivity index (χ2v) is 2.19. The van der Waals surface area contributed by atoms with Crippen molar-refractivity contribution in [2.75, 3.05) is 0 Å². The number of nitriles is 1. The molecule has 0 bridgehead atoms. The summed E-state index contributed by atoms with van der Waals surface area (Å²) in [6.07, 6.45) is 4.60. The van der Waals surface area contributed by atoms with Crippen LogP contribution in [-0.4, -0.2) is 9.97 Å². The van der Waals surface area contributed by atoms with E-state index < -0.39 is 0 Å². The van der Waals surface area contributed by atoms with Crippen molar-refractivity contribution in [3.8, 4) is 6.07 Å². The minimum atomic E-state index is 0.344. The third-order valence-corrected chi connectivity index (χ3v) is 1.38. The Morgan fingerprint density at radius 1 is 1.36 bits per heavy atom. The molecular formula is C8H9N3. The van der Waals surface area contributed by atoms with Crippen LogP contribution in [0.3, 0.4) is 0 Å². The summed E-state index contributed by atoms with van der Waals surface area (Å²) in [6, 6.07) is 2.02. The third kappa shape index (κ3) is 2.01. The number of aryl methyl sites for hydroxylation is 1. The summed E-state index contributed by atoms with van der Waals surface area (Å²) >= 11 is 0. The van der Waals surface area contributed by atoms with Gasteiger partial charge in [-0.05, 0) is 6.42 Å². The van der Waals surface area contributed by atoms with Crippen molar-refractivity contribution < 1.29 is 0 Å². The van der Waals surface area contributed by atoms with E-state index in [1.165, 1.54) is 0 Å². The maximum Gasteiger partial charge on any atom is 0.0790 e. The molecule has 0 spiro atoms. The molecule has 0 N–H and O–H groups in total. The van der Waals surface area contributed by atoms with Crippen LogP contribution in [0.1, 0.15) is 18.3 Å². The number of nitrogens with zero attached hydrogens (tertiary/aromatic N) is 3. The first-order chi connectivity index (χ1) is 5.36. The van der Waals surface area contributed by atoms with Crippen LogP contribution in [0.5, 0.6) is 0 Å². The van der Waals surface area contributed by atoms with Gasteiger partial charge in [0.2, 0.25) is 0 Å². The lowest BCUT2D eigenvalue weighted by Crippen LogP contribution is -1.93. The molecule has 0 radical (unpaired) electrons. The van der Waals surface area contributed by atoms with Gasteiger partial charge in [0, 0.05) is 12.4 Å². The second kappa shape index (κ2) is 3.67. The lowest BCUT2D eigenvalue weighted by Gasteiger charge is -1.94. The predicted molar refractivity (Wildman–Crippen MR) is 40.7 cm³/mol. The molecule has 11 heavy (non-hydrogen) atoms. The molecule has 0 amide bonds. The van der Waals surface area contributed by atoms with E-state index in [9.17, 15) is 0 Å². The number of rotatable bonds is 2. The highest BCUT2D eigenvalue weighted by molar-refractivity contribution is 5.05. The van der Waals surface area contributed by atoms with Gasteiger partial charge >= 0.3 is 0 Å². The predicted octanol–water partition coefficient (Wildman–Crippen LogP) is 1.11. The van der Waals surface area contributed by atoms with Gasteiger partial charge in [-0.3, -0.25) is 9.97 Å². The lowest BCUT2D eigenvalue weighted by atomic mass is 10.3. The fourth-order valence-electron chi connectivity index (χ4n) is 0.736. The lowest BCUT2D eigenvalue weighted by molar-refractivity contribution is 0.960. The zero-order valence-corrected chi connectivity index (χ0v) is 6.41. The molecule has 0 atom stereocenters. The molecule has 0 saturated carbocycles. The average Bonchev–Trinajstić information content (AvgIpc) is 2.07. The van der Waals surface area contributed by atoms with Crippen molar-refractivity contribution in [2.45, 2.75) is 19.8 Å². The largest absolute Gasteiger partial charge is 0.258 e. The monoisotopic (exact) mass is 147 g/mol. The summed E-state index contributed by atoms with van der Waals surface area (Å²) in [6.45, 7) is 2.02. The zero-order valence-electron chi connectivity index (χ0n) is 6.41. The van der Waals surface area contributed by atoms with Crippen LogP contribution in [0.4, 0.5) is 0 Å². The molecule has 0 aliphatic rings. The van der Waals surface area contributed by atoms with Crippen molar-refractivity contribution in [2.24, 2.45) is 0 Å². The van der Waals surface area contributed by atoms with Crippen molar-refractivity contribution in [3.63, 3.8) is 0 Å². The van der Waals surface area contributed by atoms with Gasteiger partial charge in [0.15, 0.2) is 0 Å². The summed E-state index contributed by atoms with van der Waals surface area (Å²) < 4.78 is 0. The molecule has 3 nitrogen and oxygen atoms in total. The van der Waals surface area contributed by atoms with Crippen LogP contribution in [-0.2, 0) is 12.8 Å². The van der Waals surface area contributed by atoms with Gasteiger partial charge < -0.3 is 0 Å². The van der Waals surface area contributed by atoms with Gasteiger partial charge in [-0.15, -0.1) is 0 Å². The van der Waals surface area contributed by atoms with Crippen LogP contribution >= 0.6 is 0 Å². The van der Waals surface area contributed by atoms with Gasteiger partial charge in [-0.2, -0.15) is 5.26 Å². The van der Waals surface area contributed by atoms with Gasteiger partial charge in [-0.25, -0.2) is 0 Å². The minimum Gasteiger partial charge on any atom is -0.258 e. The van der Waals surface area contributed by atoms with Crippen LogP contribution < -0.4 is 0 Å². The molecule has 0 fully saturated rings. The van der Waals surface area contributed by atoms with E-state index in [1.807, 2.05) is 13.0 Å². The van der Waals surface area contributed by atoms with Crippen molar-refractivity contribution in [1.82, 2.24) is 9.97 Å². The first-order valence-electron chi connectivity index (χ1n) is 3.53. The standard InChI is InChI=1S/C8H9N3/c1-2-7-5-11-8(3-4-9)6-10-7/h5-6H,2-3H2,1H3. The molecule has 0 aliphatic heterocycles. The highest BCUT2D eigenvalue weighted by Crippen LogP contribution is 1.95. The number of hydrogen-bond acceptors (Lipinski definition) is 3. The molecule has 1 heterocycles. The van der Waals surface area contributed by atoms with Gasteiger partial charge in [0.25, 0.3) is 0 Å². The highest BCUT2D eigenvalue weighted by atomic mass is 14.8. The molecule has 56 valence electrons. The van der Waals surface area contributed by atoms with E-state index in [2.05, 4.69) is 9.97 Å². The first-order valence-corrected chi connectivity index (χ1v) is 3.53. The van der Waals surface area contributed by atoms with Crippen LogP contribution in [0.15, 0.2) is 12.4 Å². The van der Waals surface area contributed by atoms with Crippen LogP contribution in [0, 0.1) is 11.3 Å².